The molecule has 1 heterocycles. The summed E-state index contributed by atoms with van der Waals surface area (Å²) in [6.45, 7) is 2.24. The van der Waals surface area contributed by atoms with Gasteiger partial charge in [0.1, 0.15) is 5.82 Å². The molecule has 1 atom stereocenters. The Labute approximate surface area is 110 Å². The van der Waals surface area contributed by atoms with Crippen molar-refractivity contribution in [2.75, 3.05) is 13.2 Å². The molecule has 0 radical (unpaired) electrons. The number of esters is 1. The third-order valence-corrected chi connectivity index (χ3v) is 3.36. The smallest absolute Gasteiger partial charge is 0.306 e. The Morgan fingerprint density at radius 1 is 1.47 bits per heavy atom. The number of nitrogens with one attached hydrogen (secondary N) is 1. The first-order chi connectivity index (χ1) is 9.07. The summed E-state index contributed by atoms with van der Waals surface area (Å²) in [7, 11) is 0. The van der Waals surface area contributed by atoms with Gasteiger partial charge in [-0.25, -0.2) is 4.39 Å². The monoisotopic (exact) mass is 265 g/mol. The van der Waals surface area contributed by atoms with E-state index in [1.54, 1.807) is 25.1 Å². The van der Waals surface area contributed by atoms with Crippen LogP contribution < -0.4 is 5.32 Å². The van der Waals surface area contributed by atoms with Crippen LogP contribution in [0.1, 0.15) is 25.3 Å². The number of carbonyl (C=O) groups excluding carboxylic acids is 2. The van der Waals surface area contributed by atoms with Gasteiger partial charge in [-0.2, -0.15) is 0 Å². The van der Waals surface area contributed by atoms with Crippen molar-refractivity contribution in [2.24, 2.45) is 0 Å². The zero-order chi connectivity index (χ0) is 13.9. The van der Waals surface area contributed by atoms with Gasteiger partial charge in [0.15, 0.2) is 0 Å². The van der Waals surface area contributed by atoms with Crippen LogP contribution in [-0.4, -0.2) is 25.0 Å². The second kappa shape index (κ2) is 5.38. The number of hydrogen-bond acceptors (Lipinski definition) is 3. The summed E-state index contributed by atoms with van der Waals surface area (Å²) in [5.74, 6) is -0.988. The fourth-order valence-electron chi connectivity index (χ4n) is 2.49. The van der Waals surface area contributed by atoms with E-state index in [9.17, 15) is 14.0 Å². The molecular weight excluding hydrogens is 249 g/mol. The molecule has 0 spiro atoms. The predicted molar refractivity (Wildman–Crippen MR) is 67.0 cm³/mol. The summed E-state index contributed by atoms with van der Waals surface area (Å²) in [6, 6.07) is 6.25. The van der Waals surface area contributed by atoms with Gasteiger partial charge in [0.25, 0.3) is 0 Å². The summed E-state index contributed by atoms with van der Waals surface area (Å²) in [4.78, 5) is 23.2. The zero-order valence-corrected chi connectivity index (χ0v) is 10.7. The lowest BCUT2D eigenvalue weighted by Gasteiger charge is -2.27. The van der Waals surface area contributed by atoms with Crippen LogP contribution in [0.4, 0.5) is 4.39 Å². The third kappa shape index (κ3) is 2.75. The van der Waals surface area contributed by atoms with Crippen LogP contribution in [0, 0.1) is 5.82 Å². The van der Waals surface area contributed by atoms with Crippen molar-refractivity contribution in [1.82, 2.24) is 5.32 Å². The minimum Gasteiger partial charge on any atom is -0.466 e. The summed E-state index contributed by atoms with van der Waals surface area (Å²) in [6.07, 6.45) is 0.104. The molecule has 1 aliphatic heterocycles. The molecule has 1 fully saturated rings. The quantitative estimate of drug-likeness (QED) is 0.840. The van der Waals surface area contributed by atoms with Crippen molar-refractivity contribution in [2.45, 2.75) is 25.2 Å². The first-order valence-electron chi connectivity index (χ1n) is 6.25. The van der Waals surface area contributed by atoms with Gasteiger partial charge in [0, 0.05) is 18.4 Å². The van der Waals surface area contributed by atoms with Gasteiger partial charge in [0.05, 0.1) is 13.0 Å². The standard InChI is InChI=1S/C14H16FNO3/c1-2-19-13(18)8-14(7-12(17)16-9-14)10-5-3-4-6-11(10)15/h3-6H,2,7-9H2,1H3,(H,16,17). The van der Waals surface area contributed by atoms with Gasteiger partial charge >= 0.3 is 5.97 Å². The second-order valence-corrected chi connectivity index (χ2v) is 4.70. The Bertz CT molecular complexity index is 503. The number of hydrogen-bond donors (Lipinski definition) is 1. The first-order valence-corrected chi connectivity index (χ1v) is 6.25. The molecule has 1 N–H and O–H groups in total. The minimum atomic E-state index is -0.839. The van der Waals surface area contributed by atoms with Gasteiger partial charge in [-0.1, -0.05) is 18.2 Å². The molecule has 1 aliphatic rings. The van der Waals surface area contributed by atoms with E-state index < -0.39 is 17.2 Å². The number of amides is 1. The molecule has 0 aromatic heterocycles. The molecule has 5 heteroatoms. The van der Waals surface area contributed by atoms with Crippen LogP contribution >= 0.6 is 0 Å². The summed E-state index contributed by atoms with van der Waals surface area (Å²) >= 11 is 0. The highest BCUT2D eigenvalue weighted by molar-refractivity contribution is 5.83. The summed E-state index contributed by atoms with van der Waals surface area (Å²) < 4.78 is 18.9. The average Bonchev–Trinajstić information content (AvgIpc) is 2.72. The maximum absolute atomic E-state index is 14.0. The van der Waals surface area contributed by atoms with Gasteiger partial charge < -0.3 is 10.1 Å². The summed E-state index contributed by atoms with van der Waals surface area (Å²) in [5, 5.41) is 2.67. The first kappa shape index (κ1) is 13.5. The Hall–Kier alpha value is -1.91. The van der Waals surface area contributed by atoms with E-state index >= 15 is 0 Å². The van der Waals surface area contributed by atoms with E-state index in [-0.39, 0.29) is 31.9 Å². The molecule has 1 aromatic carbocycles. The lowest BCUT2D eigenvalue weighted by Crippen LogP contribution is -2.33. The van der Waals surface area contributed by atoms with E-state index in [2.05, 4.69) is 5.32 Å². The number of halogens is 1. The van der Waals surface area contributed by atoms with Crippen molar-refractivity contribution in [1.29, 1.82) is 0 Å². The van der Waals surface area contributed by atoms with Gasteiger partial charge in [-0.15, -0.1) is 0 Å². The Morgan fingerprint density at radius 2 is 2.21 bits per heavy atom. The number of rotatable bonds is 4. The van der Waals surface area contributed by atoms with Crippen LogP contribution in [0.25, 0.3) is 0 Å². The molecule has 102 valence electrons. The Balaban J connectivity index is 2.33. The molecule has 1 unspecified atom stereocenters. The lowest BCUT2D eigenvalue weighted by atomic mass is 9.76. The normalized spacial score (nSPS) is 22.1. The lowest BCUT2D eigenvalue weighted by molar-refractivity contribution is -0.144. The van der Waals surface area contributed by atoms with E-state index in [1.165, 1.54) is 6.07 Å². The highest BCUT2D eigenvalue weighted by atomic mass is 19.1. The van der Waals surface area contributed by atoms with Crippen LogP contribution in [-0.2, 0) is 19.7 Å². The van der Waals surface area contributed by atoms with Crippen LogP contribution in [0.2, 0.25) is 0 Å². The van der Waals surface area contributed by atoms with Gasteiger partial charge in [-0.3, -0.25) is 9.59 Å². The average molecular weight is 265 g/mol. The number of ether oxygens (including phenoxy) is 1. The fourth-order valence-corrected chi connectivity index (χ4v) is 2.49. The van der Waals surface area contributed by atoms with E-state index in [1.807, 2.05) is 0 Å². The molecule has 1 aromatic rings. The van der Waals surface area contributed by atoms with E-state index in [0.717, 1.165) is 0 Å². The third-order valence-electron chi connectivity index (χ3n) is 3.36. The van der Waals surface area contributed by atoms with Crippen molar-refractivity contribution < 1.29 is 18.7 Å². The van der Waals surface area contributed by atoms with Crippen LogP contribution in [0.3, 0.4) is 0 Å². The molecule has 4 nitrogen and oxygen atoms in total. The Kier molecular flexibility index (Phi) is 3.83. The van der Waals surface area contributed by atoms with Crippen molar-refractivity contribution in [3.8, 4) is 0 Å². The SMILES string of the molecule is CCOC(=O)CC1(c2ccccc2F)CNC(=O)C1. The predicted octanol–water partition coefficient (Wildman–Crippen LogP) is 1.54. The maximum Gasteiger partial charge on any atom is 0.306 e. The number of benzene rings is 1. The van der Waals surface area contributed by atoms with Gasteiger partial charge in [-0.05, 0) is 18.6 Å². The molecule has 1 amide bonds. The van der Waals surface area contributed by atoms with Crippen molar-refractivity contribution >= 4 is 11.9 Å². The molecule has 19 heavy (non-hydrogen) atoms. The highest BCUT2D eigenvalue weighted by Crippen LogP contribution is 2.36. The zero-order valence-electron chi connectivity index (χ0n) is 10.7. The molecule has 1 saturated heterocycles. The molecule has 2 rings (SSSR count). The maximum atomic E-state index is 14.0. The highest BCUT2D eigenvalue weighted by Gasteiger charge is 2.43. The molecule has 0 saturated carbocycles. The van der Waals surface area contributed by atoms with E-state index in [4.69, 9.17) is 4.74 Å². The summed E-state index contributed by atoms with van der Waals surface area (Å²) in [5.41, 5.74) is -0.448. The van der Waals surface area contributed by atoms with Crippen molar-refractivity contribution in [3.63, 3.8) is 0 Å². The number of carbonyl (C=O) groups is 2. The van der Waals surface area contributed by atoms with E-state index in [0.29, 0.717) is 5.56 Å². The Morgan fingerprint density at radius 3 is 2.79 bits per heavy atom. The second-order valence-electron chi connectivity index (χ2n) is 4.70. The van der Waals surface area contributed by atoms with Crippen molar-refractivity contribution in [3.05, 3.63) is 35.6 Å². The topological polar surface area (TPSA) is 55.4 Å². The molecule has 0 bridgehead atoms. The largest absolute Gasteiger partial charge is 0.466 e. The minimum absolute atomic E-state index is 0.000509. The molecule has 0 aliphatic carbocycles. The molecular formula is C14H16FNO3. The fraction of sp³-hybridized carbons (Fsp3) is 0.429. The van der Waals surface area contributed by atoms with Crippen LogP contribution in [0.15, 0.2) is 24.3 Å². The van der Waals surface area contributed by atoms with Crippen LogP contribution in [0.5, 0.6) is 0 Å². The van der Waals surface area contributed by atoms with Gasteiger partial charge in [0.2, 0.25) is 5.91 Å².